The van der Waals surface area contributed by atoms with Gasteiger partial charge in [-0.2, -0.15) is 0 Å². The Balaban J connectivity index is 1.66. The van der Waals surface area contributed by atoms with E-state index in [1.54, 1.807) is 22.7 Å². The number of esters is 1. The van der Waals surface area contributed by atoms with E-state index in [2.05, 4.69) is 25.0 Å². The summed E-state index contributed by atoms with van der Waals surface area (Å²) in [5.41, 5.74) is 0. The minimum absolute atomic E-state index is 0.0151. The Morgan fingerprint density at radius 2 is 1.98 bits per heavy atom. The zero-order valence-electron chi connectivity index (χ0n) is 25.8. The van der Waals surface area contributed by atoms with Gasteiger partial charge in [0.25, 0.3) is 0 Å². The molecule has 0 aromatic rings. The fourth-order valence-electron chi connectivity index (χ4n) is 7.53. The van der Waals surface area contributed by atoms with Gasteiger partial charge in [0.1, 0.15) is 6.04 Å². The first kappa shape index (κ1) is 33.0. The number of carbonyl (C=O) groups is 3. The highest BCUT2D eigenvalue weighted by molar-refractivity contribution is 8.02. The fourth-order valence-corrected chi connectivity index (χ4v) is 9.86. The van der Waals surface area contributed by atoms with E-state index in [1.807, 2.05) is 24.8 Å². The van der Waals surface area contributed by atoms with Gasteiger partial charge in [-0.15, -0.1) is 24.9 Å². The van der Waals surface area contributed by atoms with E-state index < -0.39 is 33.4 Å². The van der Waals surface area contributed by atoms with Crippen molar-refractivity contribution in [3.8, 4) is 0 Å². The zero-order chi connectivity index (χ0) is 30.5. The van der Waals surface area contributed by atoms with E-state index in [0.717, 1.165) is 45.2 Å². The van der Waals surface area contributed by atoms with Crippen LogP contribution in [0.4, 0.5) is 0 Å². The van der Waals surface area contributed by atoms with Crippen molar-refractivity contribution in [2.75, 3.05) is 59.2 Å². The molecule has 4 saturated heterocycles. The molecule has 42 heavy (non-hydrogen) atoms. The van der Waals surface area contributed by atoms with Crippen LogP contribution in [-0.2, 0) is 23.9 Å². The maximum Gasteiger partial charge on any atom is 0.311 e. The van der Waals surface area contributed by atoms with Crippen LogP contribution in [-0.4, -0.2) is 118 Å². The standard InChI is InChI=1S/C32H51N3O6S/c1-6-9-10-11-19-41-30(39)26-25-28(37)35(24(22-36)23(4)8-3)27(32(25)13-12-31(26,5)42-32)29(38)34(14-7-2)16-15-33-17-20-40-21-18-33/h6-7,23-27,36H,1-2,8-22H2,3-5H3/t23-,24-,25-,26+,27?,31-,32?/m0/s1. The molecule has 0 saturated carbocycles. The predicted molar refractivity (Wildman–Crippen MR) is 165 cm³/mol. The molecule has 4 heterocycles. The lowest BCUT2D eigenvalue weighted by atomic mass is 9.66. The molecule has 4 aliphatic rings. The SMILES string of the molecule is C=CCCCCOC(=O)[C@H]1[C@H]2C(=O)N([C@@H](CO)[C@@H](C)CC)C(C(=O)N(CC=C)CCN3CCOCC3)C23CC[C@]1(C)S3. The number of unbranched alkanes of at least 4 members (excludes halogenated alkanes) is 2. The van der Waals surface area contributed by atoms with Crippen molar-refractivity contribution in [2.45, 2.75) is 80.9 Å². The second-order valence-corrected chi connectivity index (χ2v) is 14.5. The van der Waals surface area contributed by atoms with Gasteiger partial charge in [0.05, 0.1) is 49.1 Å². The van der Waals surface area contributed by atoms with Gasteiger partial charge in [-0.05, 0) is 44.9 Å². The van der Waals surface area contributed by atoms with Gasteiger partial charge in [0.2, 0.25) is 11.8 Å². The third-order valence-corrected chi connectivity index (χ3v) is 12.0. The summed E-state index contributed by atoms with van der Waals surface area (Å²) in [6, 6.07) is -1.27. The van der Waals surface area contributed by atoms with Gasteiger partial charge in [0.15, 0.2) is 0 Å². The molecule has 4 fully saturated rings. The first-order chi connectivity index (χ1) is 20.2. The number of rotatable bonds is 16. The normalized spacial score (nSPS) is 32.0. The Bertz CT molecular complexity index is 1000. The van der Waals surface area contributed by atoms with Crippen LogP contribution < -0.4 is 0 Å². The molecular formula is C32H51N3O6S. The van der Waals surface area contributed by atoms with Gasteiger partial charge in [-0.1, -0.05) is 32.4 Å². The van der Waals surface area contributed by atoms with E-state index in [-0.39, 0.29) is 30.3 Å². The number of allylic oxidation sites excluding steroid dienone is 1. The number of aliphatic hydroxyl groups is 1. The molecule has 4 aliphatic heterocycles. The molecule has 2 unspecified atom stereocenters. The van der Waals surface area contributed by atoms with E-state index >= 15 is 0 Å². The number of amides is 2. The van der Waals surface area contributed by atoms with E-state index in [0.29, 0.717) is 45.9 Å². The van der Waals surface area contributed by atoms with Gasteiger partial charge < -0.3 is 24.4 Å². The second-order valence-electron chi connectivity index (χ2n) is 12.6. The molecule has 0 radical (unpaired) electrons. The topological polar surface area (TPSA) is 99.6 Å². The van der Waals surface area contributed by atoms with Crippen LogP contribution in [0.1, 0.15) is 59.3 Å². The van der Waals surface area contributed by atoms with Crippen molar-refractivity contribution in [3.05, 3.63) is 25.3 Å². The summed E-state index contributed by atoms with van der Waals surface area (Å²) in [4.78, 5) is 48.7. The van der Waals surface area contributed by atoms with Crippen LogP contribution in [0.3, 0.4) is 0 Å². The average Bonchev–Trinajstić information content (AvgIpc) is 3.56. The lowest BCUT2D eigenvalue weighted by Crippen LogP contribution is -2.59. The molecular weight excluding hydrogens is 554 g/mol. The second kappa shape index (κ2) is 14.3. The Morgan fingerprint density at radius 1 is 1.24 bits per heavy atom. The Labute approximate surface area is 256 Å². The first-order valence-electron chi connectivity index (χ1n) is 15.8. The number of aliphatic hydroxyl groups excluding tert-OH is 1. The molecule has 1 spiro atoms. The number of likely N-dealkylation sites (tertiary alicyclic amines) is 1. The maximum absolute atomic E-state index is 14.7. The van der Waals surface area contributed by atoms with Crippen LogP contribution in [0.2, 0.25) is 0 Å². The average molecular weight is 606 g/mol. The summed E-state index contributed by atoms with van der Waals surface area (Å²) in [6.45, 7) is 18.4. The van der Waals surface area contributed by atoms with Crippen molar-refractivity contribution in [1.82, 2.24) is 14.7 Å². The van der Waals surface area contributed by atoms with Crippen molar-refractivity contribution < 1.29 is 29.0 Å². The number of morpholine rings is 1. The highest BCUT2D eigenvalue weighted by Gasteiger charge is 2.78. The molecule has 4 rings (SSSR count). The molecule has 2 bridgehead atoms. The fraction of sp³-hybridized carbons (Fsp3) is 0.781. The molecule has 2 amide bonds. The van der Waals surface area contributed by atoms with Gasteiger partial charge in [0, 0.05) is 37.5 Å². The van der Waals surface area contributed by atoms with E-state index in [4.69, 9.17) is 9.47 Å². The van der Waals surface area contributed by atoms with Crippen molar-refractivity contribution in [2.24, 2.45) is 17.8 Å². The van der Waals surface area contributed by atoms with Crippen LogP contribution in [0.5, 0.6) is 0 Å². The smallest absolute Gasteiger partial charge is 0.311 e. The van der Waals surface area contributed by atoms with Gasteiger partial charge in [-0.3, -0.25) is 19.3 Å². The molecule has 0 aliphatic carbocycles. The lowest BCUT2D eigenvalue weighted by molar-refractivity contribution is -0.156. The van der Waals surface area contributed by atoms with Crippen LogP contribution in [0, 0.1) is 17.8 Å². The van der Waals surface area contributed by atoms with Gasteiger partial charge in [-0.25, -0.2) is 0 Å². The third kappa shape index (κ3) is 6.19. The Hall–Kier alpha value is -1.88. The molecule has 236 valence electrons. The number of ether oxygens (including phenoxy) is 2. The lowest BCUT2D eigenvalue weighted by Gasteiger charge is -2.41. The highest BCUT2D eigenvalue weighted by atomic mass is 32.2. The number of thioether (sulfide) groups is 1. The predicted octanol–water partition coefficient (Wildman–Crippen LogP) is 3.12. The largest absolute Gasteiger partial charge is 0.465 e. The summed E-state index contributed by atoms with van der Waals surface area (Å²) in [7, 11) is 0. The monoisotopic (exact) mass is 605 g/mol. The number of carbonyl (C=O) groups excluding carboxylic acids is 3. The third-order valence-electron chi connectivity index (χ3n) is 10.0. The molecule has 0 aromatic carbocycles. The minimum Gasteiger partial charge on any atom is -0.465 e. The quantitative estimate of drug-likeness (QED) is 0.163. The first-order valence-corrected chi connectivity index (χ1v) is 16.6. The molecule has 10 heteroatoms. The van der Waals surface area contributed by atoms with Crippen LogP contribution in [0.15, 0.2) is 25.3 Å². The number of hydrogen-bond acceptors (Lipinski definition) is 8. The van der Waals surface area contributed by atoms with Crippen molar-refractivity contribution >= 4 is 29.5 Å². The van der Waals surface area contributed by atoms with Crippen LogP contribution >= 0.6 is 11.8 Å². The summed E-state index contributed by atoms with van der Waals surface area (Å²) >= 11 is 1.65. The van der Waals surface area contributed by atoms with E-state index in [9.17, 15) is 19.5 Å². The molecule has 9 nitrogen and oxygen atoms in total. The highest BCUT2D eigenvalue weighted by Crippen LogP contribution is 2.72. The maximum atomic E-state index is 14.7. The Kier molecular flexibility index (Phi) is 11.2. The summed E-state index contributed by atoms with van der Waals surface area (Å²) < 4.78 is 10.1. The Morgan fingerprint density at radius 3 is 2.62 bits per heavy atom. The molecule has 7 atom stereocenters. The summed E-state index contributed by atoms with van der Waals surface area (Å²) in [6.07, 6.45) is 8.24. The summed E-state index contributed by atoms with van der Waals surface area (Å²) in [5.74, 6) is -1.94. The zero-order valence-corrected chi connectivity index (χ0v) is 26.6. The number of fused-ring (bicyclic) bond motifs is 1. The molecule has 1 N–H and O–H groups in total. The molecule has 0 aromatic heterocycles. The number of hydrogen-bond donors (Lipinski definition) is 1. The summed E-state index contributed by atoms with van der Waals surface area (Å²) in [5, 5.41) is 10.6. The van der Waals surface area contributed by atoms with Crippen molar-refractivity contribution in [3.63, 3.8) is 0 Å². The number of nitrogens with zero attached hydrogens (tertiary/aromatic N) is 3. The van der Waals surface area contributed by atoms with Crippen LogP contribution in [0.25, 0.3) is 0 Å². The van der Waals surface area contributed by atoms with Gasteiger partial charge >= 0.3 is 5.97 Å². The van der Waals surface area contributed by atoms with E-state index in [1.165, 1.54) is 0 Å². The van der Waals surface area contributed by atoms with Crippen molar-refractivity contribution in [1.29, 1.82) is 0 Å². The minimum atomic E-state index is -0.761.